The normalized spacial score (nSPS) is 17.6. The Labute approximate surface area is 187 Å². The Morgan fingerprint density at radius 1 is 1.12 bits per heavy atom. The molecule has 10 heteroatoms. The summed E-state index contributed by atoms with van der Waals surface area (Å²) < 4.78 is 40.0. The largest absolute Gasteiger partial charge is 0.389 e. The highest BCUT2D eigenvalue weighted by Gasteiger charge is 2.52. The second-order valence-electron chi connectivity index (χ2n) is 8.45. The van der Waals surface area contributed by atoms with Gasteiger partial charge in [0, 0.05) is 19.2 Å². The van der Waals surface area contributed by atoms with Crippen LogP contribution in [0.5, 0.6) is 0 Å². The summed E-state index contributed by atoms with van der Waals surface area (Å²) in [6, 6.07) is 5.20. The summed E-state index contributed by atoms with van der Waals surface area (Å²) in [5, 5.41) is 0.251. The molecular formula is C22H21ClF3N5O. The van der Waals surface area contributed by atoms with Gasteiger partial charge in [0.1, 0.15) is 11.0 Å². The minimum absolute atomic E-state index is 0.0119. The lowest BCUT2D eigenvalue weighted by Crippen LogP contribution is -2.38. The van der Waals surface area contributed by atoms with Crippen LogP contribution in [0, 0.1) is 0 Å². The van der Waals surface area contributed by atoms with Crippen molar-refractivity contribution in [2.24, 2.45) is 0 Å². The minimum atomic E-state index is -4.23. The zero-order valence-electron chi connectivity index (χ0n) is 17.2. The molecule has 0 saturated heterocycles. The van der Waals surface area contributed by atoms with E-state index in [1.54, 1.807) is 34.0 Å². The molecule has 0 radical (unpaired) electrons. The fourth-order valence-corrected chi connectivity index (χ4v) is 5.23. The first-order valence-corrected chi connectivity index (χ1v) is 11.0. The van der Waals surface area contributed by atoms with E-state index in [-0.39, 0.29) is 30.6 Å². The number of pyridine rings is 2. The number of amides is 1. The van der Waals surface area contributed by atoms with Crippen molar-refractivity contribution >= 4 is 34.4 Å². The summed E-state index contributed by atoms with van der Waals surface area (Å²) in [7, 11) is 0. The van der Waals surface area contributed by atoms with Gasteiger partial charge < -0.3 is 9.47 Å². The number of nitrogens with zero attached hydrogens (tertiary/aromatic N) is 5. The van der Waals surface area contributed by atoms with Gasteiger partial charge in [-0.2, -0.15) is 13.2 Å². The van der Waals surface area contributed by atoms with Crippen LogP contribution in [0.3, 0.4) is 0 Å². The number of anilines is 1. The van der Waals surface area contributed by atoms with Crippen LogP contribution in [-0.4, -0.2) is 31.6 Å². The molecule has 3 aromatic heterocycles. The van der Waals surface area contributed by atoms with Gasteiger partial charge in [-0.05, 0) is 43.0 Å². The van der Waals surface area contributed by atoms with Crippen LogP contribution in [-0.2, 0) is 23.3 Å². The van der Waals surface area contributed by atoms with Crippen molar-refractivity contribution in [3.8, 4) is 0 Å². The van der Waals surface area contributed by atoms with Gasteiger partial charge in [0.15, 0.2) is 5.65 Å². The molecule has 1 fully saturated rings. The maximum atomic E-state index is 13.6. The highest BCUT2D eigenvalue weighted by molar-refractivity contribution is 6.29. The van der Waals surface area contributed by atoms with Crippen LogP contribution < -0.4 is 4.90 Å². The molecule has 3 aromatic rings. The third-order valence-electron chi connectivity index (χ3n) is 6.52. The van der Waals surface area contributed by atoms with Gasteiger partial charge in [0.2, 0.25) is 5.91 Å². The van der Waals surface area contributed by atoms with Crippen molar-refractivity contribution in [3.63, 3.8) is 0 Å². The molecule has 5 rings (SSSR count). The third-order valence-corrected chi connectivity index (χ3v) is 6.73. The molecule has 168 valence electrons. The van der Waals surface area contributed by atoms with E-state index in [4.69, 9.17) is 11.6 Å². The average Bonchev–Trinajstić information content (AvgIpc) is 3.41. The van der Waals surface area contributed by atoms with Crippen molar-refractivity contribution in [3.05, 3.63) is 47.1 Å². The lowest BCUT2D eigenvalue weighted by molar-refractivity contribution is -0.135. The number of alkyl halides is 3. The van der Waals surface area contributed by atoms with E-state index in [0.29, 0.717) is 17.0 Å². The summed E-state index contributed by atoms with van der Waals surface area (Å²) in [5.41, 5.74) is 2.15. The van der Waals surface area contributed by atoms with Gasteiger partial charge in [-0.15, -0.1) is 0 Å². The van der Waals surface area contributed by atoms with Crippen molar-refractivity contribution in [2.45, 2.75) is 63.2 Å². The number of hydrogen-bond acceptors (Lipinski definition) is 4. The summed E-state index contributed by atoms with van der Waals surface area (Å²) in [4.78, 5) is 28.2. The summed E-state index contributed by atoms with van der Waals surface area (Å²) in [6.45, 7) is 0.251. The number of fused-ring (bicyclic) bond motifs is 3. The molecule has 1 amide bonds. The van der Waals surface area contributed by atoms with E-state index in [0.717, 1.165) is 36.9 Å². The summed E-state index contributed by atoms with van der Waals surface area (Å²) in [5.74, 6) is 0.494. The summed E-state index contributed by atoms with van der Waals surface area (Å²) in [6.07, 6.45) is 1.71. The van der Waals surface area contributed by atoms with Crippen LogP contribution in [0.1, 0.15) is 49.9 Å². The number of aromatic nitrogens is 4. The predicted molar refractivity (Wildman–Crippen MR) is 113 cm³/mol. The second-order valence-corrected chi connectivity index (χ2v) is 8.84. The Kier molecular flexibility index (Phi) is 5.11. The predicted octanol–water partition coefficient (Wildman–Crippen LogP) is 5.18. The molecule has 1 spiro atoms. The average molecular weight is 464 g/mol. The van der Waals surface area contributed by atoms with Crippen LogP contribution >= 0.6 is 11.6 Å². The quantitative estimate of drug-likeness (QED) is 0.489. The number of aryl methyl sites for hydroxylation is 1. The lowest BCUT2D eigenvalue weighted by Gasteiger charge is -2.23. The van der Waals surface area contributed by atoms with Crippen molar-refractivity contribution in [1.82, 2.24) is 19.5 Å². The monoisotopic (exact) mass is 463 g/mol. The van der Waals surface area contributed by atoms with Gasteiger partial charge in [0.25, 0.3) is 0 Å². The molecule has 1 aliphatic heterocycles. The molecule has 1 aliphatic carbocycles. The molecular weight excluding hydrogens is 443 g/mol. The van der Waals surface area contributed by atoms with Crippen LogP contribution in [0.15, 0.2) is 30.6 Å². The first-order chi connectivity index (χ1) is 15.3. The van der Waals surface area contributed by atoms with E-state index >= 15 is 0 Å². The van der Waals surface area contributed by atoms with Gasteiger partial charge >= 0.3 is 6.18 Å². The molecule has 0 aromatic carbocycles. The Hall–Kier alpha value is -2.68. The van der Waals surface area contributed by atoms with Crippen LogP contribution in [0.4, 0.5) is 18.9 Å². The smallest absolute Gasteiger partial charge is 0.325 e. The fraction of sp³-hybridized carbons (Fsp3) is 0.455. The fourth-order valence-electron chi connectivity index (χ4n) is 5.09. The third kappa shape index (κ3) is 3.52. The number of carbonyl (C=O) groups is 1. The number of halogens is 4. The van der Waals surface area contributed by atoms with E-state index in [9.17, 15) is 18.0 Å². The Morgan fingerprint density at radius 2 is 1.91 bits per heavy atom. The van der Waals surface area contributed by atoms with Crippen molar-refractivity contribution < 1.29 is 18.0 Å². The van der Waals surface area contributed by atoms with Crippen molar-refractivity contribution in [1.29, 1.82) is 0 Å². The Bertz CT molecular complexity index is 1190. The lowest BCUT2D eigenvalue weighted by atomic mass is 9.80. The topological polar surface area (TPSA) is 63.9 Å². The summed E-state index contributed by atoms with van der Waals surface area (Å²) >= 11 is 6.00. The van der Waals surface area contributed by atoms with E-state index in [1.165, 1.54) is 0 Å². The molecule has 6 nitrogen and oxygen atoms in total. The van der Waals surface area contributed by atoms with Gasteiger partial charge in [-0.1, -0.05) is 24.4 Å². The zero-order valence-corrected chi connectivity index (χ0v) is 18.0. The standard InChI is InChI=1S/C22H21ClF3N5O/c23-17-5-4-15-19(28-17)29-18(30(15)11-3-9-22(24,25)26)13-31-16-12-27-10-6-14(16)21(20(31)32)7-1-2-8-21/h4-6,10,12H,1-3,7-9,11,13H2. The number of carbonyl (C=O) groups excluding carboxylic acids is 1. The maximum Gasteiger partial charge on any atom is 0.389 e. The molecule has 4 heterocycles. The highest BCUT2D eigenvalue weighted by atomic mass is 35.5. The van der Waals surface area contributed by atoms with Gasteiger partial charge in [0.05, 0.1) is 29.4 Å². The SMILES string of the molecule is O=C1N(Cc2nc3nc(Cl)ccc3n2CCCC(F)(F)F)c2cnccc2C12CCCC2. The number of hydrogen-bond donors (Lipinski definition) is 0. The molecule has 1 saturated carbocycles. The van der Waals surface area contributed by atoms with Crippen LogP contribution in [0.25, 0.3) is 11.2 Å². The molecule has 2 aliphatic rings. The van der Waals surface area contributed by atoms with Crippen LogP contribution in [0.2, 0.25) is 5.15 Å². The van der Waals surface area contributed by atoms with E-state index in [1.807, 2.05) is 6.07 Å². The second kappa shape index (κ2) is 7.72. The molecule has 0 atom stereocenters. The number of rotatable bonds is 5. The minimum Gasteiger partial charge on any atom is -0.325 e. The van der Waals surface area contributed by atoms with E-state index in [2.05, 4.69) is 15.0 Å². The van der Waals surface area contributed by atoms with Gasteiger partial charge in [-0.25, -0.2) is 9.97 Å². The maximum absolute atomic E-state index is 13.6. The molecule has 0 bridgehead atoms. The molecule has 32 heavy (non-hydrogen) atoms. The first-order valence-electron chi connectivity index (χ1n) is 10.6. The Morgan fingerprint density at radius 3 is 2.66 bits per heavy atom. The molecule has 0 unspecified atom stereocenters. The van der Waals surface area contributed by atoms with Gasteiger partial charge in [-0.3, -0.25) is 9.78 Å². The number of imidazole rings is 1. The first kappa shape index (κ1) is 21.2. The van der Waals surface area contributed by atoms with E-state index < -0.39 is 18.0 Å². The molecule has 0 N–H and O–H groups in total. The zero-order chi connectivity index (χ0) is 22.5. The highest BCUT2D eigenvalue weighted by Crippen LogP contribution is 2.51. The van der Waals surface area contributed by atoms with Crippen molar-refractivity contribution in [2.75, 3.05) is 4.90 Å². The Balaban J connectivity index is 1.52.